The monoisotopic (exact) mass is 307 g/mol. The summed E-state index contributed by atoms with van der Waals surface area (Å²) in [6, 6.07) is 11.3. The van der Waals surface area contributed by atoms with Gasteiger partial charge in [-0.3, -0.25) is 4.79 Å². The van der Waals surface area contributed by atoms with E-state index in [0.29, 0.717) is 22.9 Å². The van der Waals surface area contributed by atoms with Gasteiger partial charge in [-0.05, 0) is 48.9 Å². The smallest absolute Gasteiger partial charge is 0.228 e. The molecule has 0 aromatic heterocycles. The average Bonchev–Trinajstić information content (AvgIpc) is 2.44. The third-order valence-electron chi connectivity index (χ3n) is 2.82. The van der Waals surface area contributed by atoms with Crippen molar-refractivity contribution in [3.63, 3.8) is 0 Å². The highest BCUT2D eigenvalue weighted by Gasteiger charge is 2.09. The number of halogens is 2. The molecule has 1 amide bonds. The molecule has 5 heteroatoms. The summed E-state index contributed by atoms with van der Waals surface area (Å²) in [4.78, 5) is 11.9. The number of nitrogens with one attached hydrogen (secondary N) is 1. The maximum Gasteiger partial charge on any atom is 0.228 e. The topological polar surface area (TPSA) is 38.3 Å². The van der Waals surface area contributed by atoms with E-state index in [1.165, 1.54) is 12.1 Å². The van der Waals surface area contributed by atoms with E-state index in [2.05, 4.69) is 5.32 Å². The Morgan fingerprint density at radius 2 is 1.95 bits per heavy atom. The number of hydrogen-bond acceptors (Lipinski definition) is 2. The van der Waals surface area contributed by atoms with E-state index in [9.17, 15) is 9.18 Å². The van der Waals surface area contributed by atoms with Crippen molar-refractivity contribution in [2.24, 2.45) is 0 Å². The highest BCUT2D eigenvalue weighted by atomic mass is 35.5. The first-order chi connectivity index (χ1) is 10.1. The Kier molecular flexibility index (Phi) is 5.17. The van der Waals surface area contributed by atoms with E-state index in [1.54, 1.807) is 30.3 Å². The lowest BCUT2D eigenvalue weighted by atomic mass is 10.1. The van der Waals surface area contributed by atoms with Crippen LogP contribution in [0.1, 0.15) is 12.5 Å². The van der Waals surface area contributed by atoms with Crippen LogP contribution >= 0.6 is 11.6 Å². The molecule has 0 fully saturated rings. The molecule has 0 spiro atoms. The van der Waals surface area contributed by atoms with Crippen molar-refractivity contribution in [2.45, 2.75) is 13.3 Å². The van der Waals surface area contributed by atoms with Gasteiger partial charge in [0.25, 0.3) is 0 Å². The van der Waals surface area contributed by atoms with Crippen LogP contribution in [0.3, 0.4) is 0 Å². The maximum absolute atomic E-state index is 13.6. The van der Waals surface area contributed by atoms with Crippen LogP contribution in [0.15, 0.2) is 42.5 Å². The Hall–Kier alpha value is -2.07. The lowest BCUT2D eigenvalue weighted by Crippen LogP contribution is -2.15. The molecule has 1 N–H and O–H groups in total. The van der Waals surface area contributed by atoms with Gasteiger partial charge in [0.2, 0.25) is 5.91 Å². The predicted octanol–water partition coefficient (Wildman–Crippen LogP) is 4.06. The number of ether oxygens (including phenoxy) is 1. The fourth-order valence-corrected chi connectivity index (χ4v) is 2.00. The fourth-order valence-electron chi connectivity index (χ4n) is 1.84. The summed E-state index contributed by atoms with van der Waals surface area (Å²) in [5.74, 6) is -0.0380. The highest BCUT2D eigenvalue weighted by molar-refractivity contribution is 6.30. The van der Waals surface area contributed by atoms with Crippen molar-refractivity contribution in [1.29, 1.82) is 0 Å². The van der Waals surface area contributed by atoms with Crippen LogP contribution < -0.4 is 10.1 Å². The summed E-state index contributed by atoms with van der Waals surface area (Å²) >= 11 is 5.67. The van der Waals surface area contributed by atoms with Gasteiger partial charge in [0.05, 0.1) is 13.0 Å². The zero-order valence-electron chi connectivity index (χ0n) is 11.5. The first-order valence-electron chi connectivity index (χ1n) is 6.55. The summed E-state index contributed by atoms with van der Waals surface area (Å²) < 4.78 is 18.9. The van der Waals surface area contributed by atoms with Crippen LogP contribution in [-0.2, 0) is 11.2 Å². The van der Waals surface area contributed by atoms with Gasteiger partial charge in [0, 0.05) is 10.7 Å². The Bertz CT molecular complexity index is 629. The quantitative estimate of drug-likeness (QED) is 0.904. The molecule has 2 aromatic rings. The van der Waals surface area contributed by atoms with Gasteiger partial charge in [0.15, 0.2) is 0 Å². The maximum atomic E-state index is 13.6. The molecule has 0 saturated heterocycles. The molecule has 0 aliphatic heterocycles. The number of benzene rings is 2. The van der Waals surface area contributed by atoms with Crippen molar-refractivity contribution in [3.05, 3.63) is 58.9 Å². The van der Waals surface area contributed by atoms with Crippen LogP contribution in [0.2, 0.25) is 5.02 Å². The lowest BCUT2D eigenvalue weighted by Gasteiger charge is -2.08. The van der Waals surface area contributed by atoms with Gasteiger partial charge in [-0.15, -0.1) is 0 Å². The summed E-state index contributed by atoms with van der Waals surface area (Å²) in [7, 11) is 0. The minimum atomic E-state index is -0.482. The van der Waals surface area contributed by atoms with E-state index in [-0.39, 0.29) is 12.3 Å². The van der Waals surface area contributed by atoms with Crippen molar-refractivity contribution in [2.75, 3.05) is 11.9 Å². The van der Waals surface area contributed by atoms with Crippen molar-refractivity contribution < 1.29 is 13.9 Å². The molecule has 2 rings (SSSR count). The van der Waals surface area contributed by atoms with Crippen LogP contribution in [0.5, 0.6) is 5.75 Å². The molecule has 0 unspecified atom stereocenters. The summed E-state index contributed by atoms with van der Waals surface area (Å²) in [5.41, 5.74) is 0.945. The minimum Gasteiger partial charge on any atom is -0.494 e. The Balaban J connectivity index is 1.98. The Labute approximate surface area is 127 Å². The van der Waals surface area contributed by atoms with Crippen molar-refractivity contribution >= 4 is 23.2 Å². The number of carbonyl (C=O) groups excluding carboxylic acids is 1. The molecule has 0 aliphatic rings. The number of rotatable bonds is 5. The largest absolute Gasteiger partial charge is 0.494 e. The van der Waals surface area contributed by atoms with Crippen LogP contribution in [0, 0.1) is 5.82 Å². The molecule has 2 aromatic carbocycles. The zero-order chi connectivity index (χ0) is 15.2. The van der Waals surface area contributed by atoms with Crippen LogP contribution in [0.25, 0.3) is 0 Å². The molecule has 0 saturated carbocycles. The van der Waals surface area contributed by atoms with Crippen LogP contribution in [-0.4, -0.2) is 12.5 Å². The van der Waals surface area contributed by atoms with Gasteiger partial charge in [-0.2, -0.15) is 0 Å². The summed E-state index contributed by atoms with van der Waals surface area (Å²) in [5, 5.41) is 3.02. The molecule has 3 nitrogen and oxygen atoms in total. The van der Waals surface area contributed by atoms with E-state index in [0.717, 1.165) is 5.75 Å². The molecule has 0 heterocycles. The lowest BCUT2D eigenvalue weighted by molar-refractivity contribution is -0.115. The van der Waals surface area contributed by atoms with Crippen molar-refractivity contribution in [3.8, 4) is 5.75 Å². The fraction of sp³-hybridized carbons (Fsp3) is 0.188. The number of anilines is 1. The van der Waals surface area contributed by atoms with E-state index in [4.69, 9.17) is 16.3 Å². The third-order valence-corrected chi connectivity index (χ3v) is 3.05. The molecule has 0 radical (unpaired) electrons. The normalized spacial score (nSPS) is 10.2. The molecular weight excluding hydrogens is 293 g/mol. The summed E-state index contributed by atoms with van der Waals surface area (Å²) in [6.07, 6.45) is -0.0454. The third kappa shape index (κ3) is 4.46. The molecule has 21 heavy (non-hydrogen) atoms. The predicted molar refractivity (Wildman–Crippen MR) is 81.4 cm³/mol. The van der Waals surface area contributed by atoms with Gasteiger partial charge in [-0.1, -0.05) is 17.7 Å². The molecule has 0 aliphatic carbocycles. The zero-order valence-corrected chi connectivity index (χ0v) is 12.3. The van der Waals surface area contributed by atoms with Gasteiger partial charge >= 0.3 is 0 Å². The Morgan fingerprint density at radius 3 is 2.57 bits per heavy atom. The van der Waals surface area contributed by atoms with Crippen LogP contribution in [0.4, 0.5) is 10.1 Å². The first-order valence-corrected chi connectivity index (χ1v) is 6.93. The first kappa shape index (κ1) is 15.3. The summed E-state index contributed by atoms with van der Waals surface area (Å²) in [6.45, 7) is 2.48. The van der Waals surface area contributed by atoms with E-state index >= 15 is 0 Å². The highest BCUT2D eigenvalue weighted by Crippen LogP contribution is 2.18. The standard InChI is InChI=1S/C16H15ClFNO2/c1-2-21-14-7-5-13(6-8-14)19-16(20)9-11-3-4-12(17)10-15(11)18/h3-8,10H,2,9H2,1H3,(H,19,20). The number of hydrogen-bond donors (Lipinski definition) is 1. The molecule has 0 bridgehead atoms. The second kappa shape index (κ2) is 7.09. The van der Waals surface area contributed by atoms with E-state index < -0.39 is 5.82 Å². The van der Waals surface area contributed by atoms with Gasteiger partial charge < -0.3 is 10.1 Å². The van der Waals surface area contributed by atoms with Gasteiger partial charge in [0.1, 0.15) is 11.6 Å². The van der Waals surface area contributed by atoms with E-state index in [1.807, 2.05) is 6.92 Å². The number of carbonyl (C=O) groups is 1. The minimum absolute atomic E-state index is 0.0454. The molecule has 0 atom stereocenters. The SMILES string of the molecule is CCOc1ccc(NC(=O)Cc2ccc(Cl)cc2F)cc1. The van der Waals surface area contributed by atoms with Crippen molar-refractivity contribution in [1.82, 2.24) is 0 Å². The molecular formula is C16H15ClFNO2. The number of amides is 1. The second-order valence-electron chi connectivity index (χ2n) is 4.42. The molecule has 110 valence electrons. The average molecular weight is 308 g/mol. The van der Waals surface area contributed by atoms with Gasteiger partial charge in [-0.25, -0.2) is 4.39 Å². The Morgan fingerprint density at radius 1 is 1.24 bits per heavy atom. The second-order valence-corrected chi connectivity index (χ2v) is 4.85.